The molecule has 0 fully saturated rings. The standard InChI is InChI=1S/C11H10N2/c1-3-5-10-6-4-7-13-11(10)9(2)8-12-13/h4,6-8H,1-2H3. The Morgan fingerprint density at radius 1 is 1.46 bits per heavy atom. The summed E-state index contributed by atoms with van der Waals surface area (Å²) in [6.45, 7) is 3.89. The van der Waals surface area contributed by atoms with Crippen LogP contribution in [0.25, 0.3) is 5.52 Å². The second-order valence-corrected chi connectivity index (χ2v) is 2.92. The van der Waals surface area contributed by atoms with Gasteiger partial charge in [-0.15, -0.1) is 5.92 Å². The molecule has 0 atom stereocenters. The lowest BCUT2D eigenvalue weighted by molar-refractivity contribution is 0.959. The predicted octanol–water partition coefficient (Wildman–Crippen LogP) is 2.01. The molecule has 0 bridgehead atoms. The van der Waals surface area contributed by atoms with E-state index in [2.05, 4.69) is 16.9 Å². The van der Waals surface area contributed by atoms with Crippen molar-refractivity contribution in [1.82, 2.24) is 9.61 Å². The fraction of sp³-hybridized carbons (Fsp3) is 0.182. The molecule has 0 aromatic carbocycles. The van der Waals surface area contributed by atoms with E-state index in [0.717, 1.165) is 11.1 Å². The SMILES string of the molecule is CC#Cc1cccn2ncc(C)c12. The highest BCUT2D eigenvalue weighted by molar-refractivity contribution is 5.65. The van der Waals surface area contributed by atoms with Gasteiger partial charge in [0.2, 0.25) is 0 Å². The Balaban J connectivity index is 2.85. The van der Waals surface area contributed by atoms with E-state index in [1.165, 1.54) is 5.56 Å². The van der Waals surface area contributed by atoms with Gasteiger partial charge in [-0.1, -0.05) is 5.92 Å². The van der Waals surface area contributed by atoms with E-state index in [1.807, 2.05) is 42.9 Å². The lowest BCUT2D eigenvalue weighted by atomic mass is 10.2. The number of aromatic nitrogens is 2. The molecular weight excluding hydrogens is 160 g/mol. The highest BCUT2D eigenvalue weighted by atomic mass is 15.2. The predicted molar refractivity (Wildman–Crippen MR) is 52.5 cm³/mol. The molecule has 2 nitrogen and oxygen atoms in total. The minimum absolute atomic E-state index is 1.04. The third-order valence-corrected chi connectivity index (χ3v) is 1.98. The first-order chi connectivity index (χ1) is 6.33. The maximum Gasteiger partial charge on any atom is 0.0847 e. The van der Waals surface area contributed by atoms with Crippen LogP contribution in [0.15, 0.2) is 24.5 Å². The maximum atomic E-state index is 4.21. The lowest BCUT2D eigenvalue weighted by Crippen LogP contribution is -1.88. The Kier molecular flexibility index (Phi) is 1.79. The summed E-state index contributed by atoms with van der Waals surface area (Å²) in [5.41, 5.74) is 3.32. The van der Waals surface area contributed by atoms with Crippen LogP contribution in [-0.4, -0.2) is 9.61 Å². The number of hydrogen-bond donors (Lipinski definition) is 0. The van der Waals surface area contributed by atoms with Crippen molar-refractivity contribution in [2.24, 2.45) is 0 Å². The van der Waals surface area contributed by atoms with Crippen LogP contribution < -0.4 is 0 Å². The summed E-state index contributed by atoms with van der Waals surface area (Å²) in [6, 6.07) is 3.97. The summed E-state index contributed by atoms with van der Waals surface area (Å²) in [7, 11) is 0. The van der Waals surface area contributed by atoms with Crippen molar-refractivity contribution < 1.29 is 0 Å². The fourth-order valence-corrected chi connectivity index (χ4v) is 1.43. The van der Waals surface area contributed by atoms with Crippen LogP contribution in [0.2, 0.25) is 0 Å². The van der Waals surface area contributed by atoms with Crippen molar-refractivity contribution in [3.05, 3.63) is 35.7 Å². The number of hydrogen-bond acceptors (Lipinski definition) is 1. The first-order valence-electron chi connectivity index (χ1n) is 4.18. The molecule has 0 unspecified atom stereocenters. The second-order valence-electron chi connectivity index (χ2n) is 2.92. The van der Waals surface area contributed by atoms with Crippen LogP contribution in [0.5, 0.6) is 0 Å². The van der Waals surface area contributed by atoms with Gasteiger partial charge in [-0.2, -0.15) is 5.10 Å². The lowest BCUT2D eigenvalue weighted by Gasteiger charge is -1.96. The summed E-state index contributed by atoms with van der Waals surface area (Å²) in [5.74, 6) is 5.97. The molecule has 0 aliphatic heterocycles. The Morgan fingerprint density at radius 3 is 3.08 bits per heavy atom. The largest absolute Gasteiger partial charge is 0.239 e. The van der Waals surface area contributed by atoms with E-state index >= 15 is 0 Å². The highest BCUT2D eigenvalue weighted by Gasteiger charge is 2.02. The van der Waals surface area contributed by atoms with Crippen LogP contribution in [0.4, 0.5) is 0 Å². The second kappa shape index (κ2) is 2.95. The molecule has 0 saturated carbocycles. The molecular formula is C11H10N2. The molecule has 0 amide bonds. The van der Waals surface area contributed by atoms with Gasteiger partial charge in [0.25, 0.3) is 0 Å². The first-order valence-corrected chi connectivity index (χ1v) is 4.18. The molecule has 2 aromatic heterocycles. The Bertz CT molecular complexity index is 498. The van der Waals surface area contributed by atoms with Gasteiger partial charge in [0.05, 0.1) is 17.3 Å². The topological polar surface area (TPSA) is 17.3 Å². The number of rotatable bonds is 0. The van der Waals surface area contributed by atoms with Crippen LogP contribution in [0, 0.1) is 18.8 Å². The summed E-state index contributed by atoms with van der Waals surface area (Å²) < 4.78 is 1.86. The highest BCUT2D eigenvalue weighted by Crippen LogP contribution is 2.13. The molecule has 0 aliphatic carbocycles. The van der Waals surface area contributed by atoms with Gasteiger partial charge in [0.1, 0.15) is 0 Å². The van der Waals surface area contributed by atoms with Crippen molar-refractivity contribution in [2.75, 3.05) is 0 Å². The Hall–Kier alpha value is -1.75. The van der Waals surface area contributed by atoms with Crippen molar-refractivity contribution >= 4 is 5.52 Å². The zero-order valence-corrected chi connectivity index (χ0v) is 7.70. The van der Waals surface area contributed by atoms with E-state index < -0.39 is 0 Å². The van der Waals surface area contributed by atoms with Crippen LogP contribution >= 0.6 is 0 Å². The average Bonchev–Trinajstić information content (AvgIpc) is 2.50. The van der Waals surface area contributed by atoms with Gasteiger partial charge >= 0.3 is 0 Å². The maximum absolute atomic E-state index is 4.21. The summed E-state index contributed by atoms with van der Waals surface area (Å²) in [6.07, 6.45) is 3.79. The molecule has 0 N–H and O–H groups in total. The quantitative estimate of drug-likeness (QED) is 0.553. The van der Waals surface area contributed by atoms with Gasteiger partial charge in [-0.25, -0.2) is 4.52 Å². The van der Waals surface area contributed by atoms with Crippen molar-refractivity contribution in [1.29, 1.82) is 0 Å². The first kappa shape index (κ1) is 7.88. The minimum Gasteiger partial charge on any atom is -0.239 e. The van der Waals surface area contributed by atoms with Crippen molar-refractivity contribution in [3.63, 3.8) is 0 Å². The zero-order chi connectivity index (χ0) is 9.26. The zero-order valence-electron chi connectivity index (χ0n) is 7.70. The van der Waals surface area contributed by atoms with Gasteiger partial charge in [-0.05, 0) is 31.5 Å². The summed E-state index contributed by atoms with van der Waals surface area (Å²) in [5, 5.41) is 4.21. The number of fused-ring (bicyclic) bond motifs is 1. The molecule has 2 aromatic rings. The van der Waals surface area contributed by atoms with Crippen LogP contribution in [0.3, 0.4) is 0 Å². The van der Waals surface area contributed by atoms with E-state index in [9.17, 15) is 0 Å². The molecule has 2 heterocycles. The molecule has 0 radical (unpaired) electrons. The number of pyridine rings is 1. The van der Waals surface area contributed by atoms with Gasteiger partial charge in [0, 0.05) is 6.20 Å². The summed E-state index contributed by atoms with van der Waals surface area (Å²) >= 11 is 0. The molecule has 64 valence electrons. The van der Waals surface area contributed by atoms with Gasteiger partial charge in [0.15, 0.2) is 0 Å². The van der Waals surface area contributed by atoms with Gasteiger partial charge in [-0.3, -0.25) is 0 Å². The smallest absolute Gasteiger partial charge is 0.0847 e. The van der Waals surface area contributed by atoms with E-state index in [4.69, 9.17) is 0 Å². The fourth-order valence-electron chi connectivity index (χ4n) is 1.43. The van der Waals surface area contributed by atoms with Gasteiger partial charge < -0.3 is 0 Å². The molecule has 0 spiro atoms. The van der Waals surface area contributed by atoms with Crippen molar-refractivity contribution in [2.45, 2.75) is 13.8 Å². The third-order valence-electron chi connectivity index (χ3n) is 1.98. The van der Waals surface area contributed by atoms with E-state index in [1.54, 1.807) is 0 Å². The van der Waals surface area contributed by atoms with Crippen molar-refractivity contribution in [3.8, 4) is 11.8 Å². The monoisotopic (exact) mass is 170 g/mol. The normalized spacial score (nSPS) is 9.69. The van der Waals surface area contributed by atoms with Crippen LogP contribution in [-0.2, 0) is 0 Å². The average molecular weight is 170 g/mol. The molecule has 0 saturated heterocycles. The summed E-state index contributed by atoms with van der Waals surface area (Å²) in [4.78, 5) is 0. The number of aryl methyl sites for hydroxylation is 1. The Labute approximate surface area is 77.2 Å². The van der Waals surface area contributed by atoms with Crippen LogP contribution in [0.1, 0.15) is 18.1 Å². The number of nitrogens with zero attached hydrogens (tertiary/aromatic N) is 2. The molecule has 2 rings (SSSR count). The minimum atomic E-state index is 1.04. The van der Waals surface area contributed by atoms with E-state index in [0.29, 0.717) is 0 Å². The molecule has 13 heavy (non-hydrogen) atoms. The third kappa shape index (κ3) is 1.19. The van der Waals surface area contributed by atoms with E-state index in [-0.39, 0.29) is 0 Å². The molecule has 0 aliphatic rings. The molecule has 2 heteroatoms. The Morgan fingerprint density at radius 2 is 2.31 bits per heavy atom.